The van der Waals surface area contributed by atoms with Gasteiger partial charge in [0.1, 0.15) is 35.3 Å². The number of rotatable bonds is 6. The molecule has 0 amide bonds. The summed E-state index contributed by atoms with van der Waals surface area (Å²) in [5, 5.41) is 14.6. The van der Waals surface area contributed by atoms with Gasteiger partial charge < -0.3 is 19.1 Å². The Morgan fingerprint density at radius 2 is 1.69 bits per heavy atom. The Balaban J connectivity index is 1.26. The van der Waals surface area contributed by atoms with Crippen LogP contribution in [0, 0.1) is 0 Å². The molecule has 0 atom stereocenters. The number of aromatic carboxylic acids is 1. The molecule has 0 radical (unpaired) electrons. The number of fused-ring (bicyclic) bond motifs is 2. The van der Waals surface area contributed by atoms with Crippen LogP contribution in [-0.2, 0) is 19.4 Å². The summed E-state index contributed by atoms with van der Waals surface area (Å²) in [7, 11) is 0. The number of benzene rings is 3. The maximum Gasteiger partial charge on any atom is 0.335 e. The van der Waals surface area contributed by atoms with Gasteiger partial charge in [0, 0.05) is 11.5 Å². The Labute approximate surface area is 217 Å². The van der Waals surface area contributed by atoms with Crippen molar-refractivity contribution in [3.63, 3.8) is 0 Å². The van der Waals surface area contributed by atoms with E-state index in [1.165, 1.54) is 0 Å². The van der Waals surface area contributed by atoms with Crippen LogP contribution in [0.2, 0.25) is 10.0 Å². The lowest BCUT2D eigenvalue weighted by Gasteiger charge is -2.12. The maximum atomic E-state index is 11.3. The van der Waals surface area contributed by atoms with Crippen LogP contribution in [-0.4, -0.2) is 16.2 Å². The van der Waals surface area contributed by atoms with E-state index in [-0.39, 0.29) is 12.2 Å². The fourth-order valence-corrected chi connectivity index (χ4v) is 5.12. The summed E-state index contributed by atoms with van der Waals surface area (Å²) in [5.74, 6) is 2.30. The minimum Gasteiger partial charge on any atom is -0.489 e. The number of carboxylic acid groups (broad SMARTS) is 1. The van der Waals surface area contributed by atoms with Crippen LogP contribution >= 0.6 is 23.2 Å². The van der Waals surface area contributed by atoms with Gasteiger partial charge in [-0.3, -0.25) is 0 Å². The van der Waals surface area contributed by atoms with Crippen molar-refractivity contribution in [2.24, 2.45) is 0 Å². The van der Waals surface area contributed by atoms with Crippen LogP contribution in [0.15, 0.2) is 59.1 Å². The molecule has 1 N–H and O–H groups in total. The van der Waals surface area contributed by atoms with Gasteiger partial charge in [0.05, 0.1) is 21.2 Å². The fraction of sp³-hybridized carbons (Fsp3) is 0.214. The lowest BCUT2D eigenvalue weighted by molar-refractivity contribution is 0.0696. The summed E-state index contributed by atoms with van der Waals surface area (Å²) < 4.78 is 18.1. The number of carbonyl (C=O) groups is 1. The Hall–Kier alpha value is -3.48. The quantitative estimate of drug-likeness (QED) is 0.280. The molecule has 0 spiro atoms. The Morgan fingerprint density at radius 1 is 1.00 bits per heavy atom. The molecular weight excluding hydrogens is 501 g/mol. The highest BCUT2D eigenvalue weighted by Gasteiger charge is 2.33. The van der Waals surface area contributed by atoms with Crippen molar-refractivity contribution in [2.45, 2.75) is 38.2 Å². The third-order valence-corrected chi connectivity index (χ3v) is 7.20. The minimum atomic E-state index is -0.952. The van der Waals surface area contributed by atoms with Crippen LogP contribution in [0.5, 0.6) is 17.2 Å². The molecule has 8 heteroatoms. The summed E-state index contributed by atoms with van der Waals surface area (Å²) in [5.41, 5.74) is 4.21. The Bertz CT molecular complexity index is 1470. The third kappa shape index (κ3) is 4.31. The second-order valence-electron chi connectivity index (χ2n) is 9.03. The maximum absolute atomic E-state index is 11.3. The molecule has 182 valence electrons. The summed E-state index contributed by atoms with van der Waals surface area (Å²) in [4.78, 5) is 11.3. The zero-order chi connectivity index (χ0) is 24.8. The van der Waals surface area contributed by atoms with Crippen LogP contribution in [0.25, 0.3) is 11.3 Å². The molecule has 0 bridgehead atoms. The van der Waals surface area contributed by atoms with Crippen molar-refractivity contribution < 1.29 is 23.9 Å². The molecular formula is C28H21Cl2NO5. The number of halogens is 2. The van der Waals surface area contributed by atoms with Crippen molar-refractivity contribution >= 4 is 29.2 Å². The van der Waals surface area contributed by atoms with Crippen molar-refractivity contribution in [1.29, 1.82) is 0 Å². The molecule has 1 saturated carbocycles. The molecule has 0 saturated heterocycles. The molecule has 1 fully saturated rings. The smallest absolute Gasteiger partial charge is 0.335 e. The fourth-order valence-electron chi connectivity index (χ4n) is 4.54. The summed E-state index contributed by atoms with van der Waals surface area (Å²) in [6.45, 7) is 0.258. The minimum absolute atomic E-state index is 0.252. The van der Waals surface area contributed by atoms with E-state index in [9.17, 15) is 9.90 Å². The lowest BCUT2D eigenvalue weighted by Crippen LogP contribution is -2.01. The molecule has 2 heterocycles. The SMILES string of the molecule is O=C(O)c1ccc2c(c1)CCc1cc(OCc3c(-c4c(Cl)cccc4Cl)noc3C3CC3)ccc1O2. The zero-order valence-electron chi connectivity index (χ0n) is 19.1. The summed E-state index contributed by atoms with van der Waals surface area (Å²) in [6, 6.07) is 16.0. The van der Waals surface area contributed by atoms with E-state index >= 15 is 0 Å². The van der Waals surface area contributed by atoms with Crippen LogP contribution in [0.1, 0.15) is 51.6 Å². The van der Waals surface area contributed by atoms with Crippen molar-refractivity contribution in [1.82, 2.24) is 5.16 Å². The first-order valence-electron chi connectivity index (χ1n) is 11.7. The number of ether oxygens (including phenoxy) is 2. The molecule has 36 heavy (non-hydrogen) atoms. The molecule has 1 aromatic heterocycles. The van der Waals surface area contributed by atoms with Crippen molar-refractivity contribution in [2.75, 3.05) is 0 Å². The summed E-state index contributed by atoms with van der Waals surface area (Å²) in [6.07, 6.45) is 3.47. The van der Waals surface area contributed by atoms with Gasteiger partial charge in [-0.05, 0) is 85.3 Å². The standard InChI is InChI=1S/C28H21Cl2NO5/c29-21-2-1-3-22(30)25(21)26-20(27(36-31-26)15-4-5-15)14-34-19-9-11-24-17(13-19)7-6-16-12-18(28(32)33)8-10-23(16)35-24/h1-3,8-13,15H,4-7,14H2,(H,32,33). The molecule has 1 aliphatic carbocycles. The van der Waals surface area contributed by atoms with E-state index in [4.69, 9.17) is 37.2 Å². The molecule has 3 aromatic carbocycles. The third-order valence-electron chi connectivity index (χ3n) is 6.57. The van der Waals surface area contributed by atoms with Crippen LogP contribution in [0.4, 0.5) is 0 Å². The summed E-state index contributed by atoms with van der Waals surface area (Å²) >= 11 is 12.9. The van der Waals surface area contributed by atoms with Crippen molar-refractivity contribution in [3.05, 3.63) is 92.7 Å². The second kappa shape index (κ2) is 9.19. The van der Waals surface area contributed by atoms with Crippen LogP contribution < -0.4 is 9.47 Å². The van der Waals surface area contributed by atoms with Gasteiger partial charge in [0.25, 0.3) is 0 Å². The highest BCUT2D eigenvalue weighted by molar-refractivity contribution is 6.39. The van der Waals surface area contributed by atoms with Gasteiger partial charge in [-0.15, -0.1) is 0 Å². The average molecular weight is 522 g/mol. The first-order valence-corrected chi connectivity index (χ1v) is 12.5. The van der Waals surface area contributed by atoms with Gasteiger partial charge in [0.2, 0.25) is 0 Å². The number of carboxylic acids is 1. The topological polar surface area (TPSA) is 81.8 Å². The van der Waals surface area contributed by atoms with E-state index < -0.39 is 5.97 Å². The molecule has 2 aliphatic rings. The molecule has 4 aromatic rings. The predicted molar refractivity (Wildman–Crippen MR) is 136 cm³/mol. The van der Waals surface area contributed by atoms with E-state index in [0.29, 0.717) is 51.6 Å². The van der Waals surface area contributed by atoms with E-state index in [2.05, 4.69) is 5.16 Å². The van der Waals surface area contributed by atoms with Gasteiger partial charge in [-0.2, -0.15) is 0 Å². The average Bonchev–Trinajstić information content (AvgIpc) is 3.65. The number of aromatic nitrogens is 1. The lowest BCUT2D eigenvalue weighted by atomic mass is 10.0. The van der Waals surface area contributed by atoms with E-state index in [1.54, 1.807) is 36.4 Å². The monoisotopic (exact) mass is 521 g/mol. The van der Waals surface area contributed by atoms with Crippen molar-refractivity contribution in [3.8, 4) is 28.5 Å². The van der Waals surface area contributed by atoms with Gasteiger partial charge >= 0.3 is 5.97 Å². The first kappa shape index (κ1) is 23.0. The van der Waals surface area contributed by atoms with Crippen LogP contribution in [0.3, 0.4) is 0 Å². The zero-order valence-corrected chi connectivity index (χ0v) is 20.6. The number of hydrogen-bond donors (Lipinski definition) is 1. The Morgan fingerprint density at radius 3 is 2.39 bits per heavy atom. The highest BCUT2D eigenvalue weighted by Crippen LogP contribution is 2.46. The number of nitrogens with zero attached hydrogens (tertiary/aromatic N) is 1. The van der Waals surface area contributed by atoms with E-state index in [1.807, 2.05) is 18.2 Å². The van der Waals surface area contributed by atoms with Gasteiger partial charge in [-0.1, -0.05) is 34.4 Å². The number of aryl methyl sites for hydroxylation is 2. The molecule has 6 rings (SSSR count). The van der Waals surface area contributed by atoms with E-state index in [0.717, 1.165) is 41.0 Å². The second-order valence-corrected chi connectivity index (χ2v) is 9.85. The number of hydrogen-bond acceptors (Lipinski definition) is 5. The largest absolute Gasteiger partial charge is 0.489 e. The molecule has 6 nitrogen and oxygen atoms in total. The van der Waals surface area contributed by atoms with Gasteiger partial charge in [-0.25, -0.2) is 4.79 Å². The first-order chi connectivity index (χ1) is 17.5. The molecule has 0 unspecified atom stereocenters. The predicted octanol–water partition coefficient (Wildman–Crippen LogP) is 7.69. The molecule has 1 aliphatic heterocycles. The normalized spacial score (nSPS) is 14.4. The Kier molecular flexibility index (Phi) is 5.86. The van der Waals surface area contributed by atoms with Gasteiger partial charge in [0.15, 0.2) is 0 Å². The highest BCUT2D eigenvalue weighted by atomic mass is 35.5.